The van der Waals surface area contributed by atoms with Gasteiger partial charge in [-0.1, -0.05) is 24.3 Å². The number of carbonyl (C=O) groups excluding carboxylic acids is 2. The SMILES string of the molecule is CCOc1cc(C(=O)N2C(C)CCC2COC)c(F)cc1C(=O)NCC(O)CCc1ccccc1CN. The lowest BCUT2D eigenvalue weighted by molar-refractivity contribution is 0.0555. The number of nitrogens with two attached hydrogens (primary N) is 1. The Kier molecular flexibility index (Phi) is 10.4. The number of hydrogen-bond donors (Lipinski definition) is 3. The Bertz CT molecular complexity index is 1080. The van der Waals surface area contributed by atoms with Crippen LogP contribution in [0.25, 0.3) is 0 Å². The molecule has 2 amide bonds. The topological polar surface area (TPSA) is 114 Å². The molecule has 0 bridgehead atoms. The van der Waals surface area contributed by atoms with Crippen molar-refractivity contribution in [3.8, 4) is 5.75 Å². The minimum Gasteiger partial charge on any atom is -0.493 e. The lowest BCUT2D eigenvalue weighted by Gasteiger charge is -2.28. The fourth-order valence-electron chi connectivity index (χ4n) is 4.83. The van der Waals surface area contributed by atoms with Crippen molar-refractivity contribution in [2.24, 2.45) is 5.73 Å². The van der Waals surface area contributed by atoms with Crippen LogP contribution in [0, 0.1) is 5.82 Å². The minimum atomic E-state index is -0.801. The molecule has 1 aliphatic rings. The van der Waals surface area contributed by atoms with E-state index in [4.69, 9.17) is 15.2 Å². The number of aryl methyl sites for hydroxylation is 1. The summed E-state index contributed by atoms with van der Waals surface area (Å²) in [6, 6.07) is 9.89. The normalized spacial score (nSPS) is 18.1. The maximum atomic E-state index is 15.2. The van der Waals surface area contributed by atoms with Crippen molar-refractivity contribution in [2.75, 3.05) is 26.9 Å². The molecule has 2 aromatic rings. The number of aliphatic hydroxyl groups is 1. The third kappa shape index (κ3) is 7.06. The zero-order chi connectivity index (χ0) is 26.9. The number of hydrogen-bond acceptors (Lipinski definition) is 6. The van der Waals surface area contributed by atoms with Crippen LogP contribution in [0.2, 0.25) is 0 Å². The molecular formula is C28H38FN3O5. The van der Waals surface area contributed by atoms with E-state index < -0.39 is 23.7 Å². The zero-order valence-electron chi connectivity index (χ0n) is 21.8. The van der Waals surface area contributed by atoms with E-state index in [9.17, 15) is 14.7 Å². The van der Waals surface area contributed by atoms with Gasteiger partial charge in [0.05, 0.1) is 36.5 Å². The molecule has 1 fully saturated rings. The zero-order valence-corrected chi connectivity index (χ0v) is 21.8. The average Bonchev–Trinajstić information content (AvgIpc) is 3.26. The van der Waals surface area contributed by atoms with Gasteiger partial charge in [0.1, 0.15) is 11.6 Å². The van der Waals surface area contributed by atoms with Gasteiger partial charge in [-0.15, -0.1) is 0 Å². The molecule has 4 N–H and O–H groups in total. The molecule has 3 unspecified atom stereocenters. The van der Waals surface area contributed by atoms with Crippen molar-refractivity contribution in [2.45, 2.75) is 64.3 Å². The first-order valence-electron chi connectivity index (χ1n) is 12.8. The number of nitrogens with one attached hydrogen (secondary N) is 1. The molecule has 1 saturated heterocycles. The van der Waals surface area contributed by atoms with Crippen LogP contribution >= 0.6 is 0 Å². The quantitative estimate of drug-likeness (QED) is 0.400. The Labute approximate surface area is 217 Å². The Morgan fingerprint density at radius 1 is 1.22 bits per heavy atom. The molecule has 0 radical (unpaired) electrons. The molecule has 2 aromatic carbocycles. The monoisotopic (exact) mass is 515 g/mol. The van der Waals surface area contributed by atoms with Gasteiger partial charge < -0.3 is 30.5 Å². The van der Waals surface area contributed by atoms with Crippen molar-refractivity contribution in [1.29, 1.82) is 0 Å². The first-order valence-corrected chi connectivity index (χ1v) is 12.8. The van der Waals surface area contributed by atoms with E-state index in [0.29, 0.717) is 26.0 Å². The Morgan fingerprint density at radius 2 is 1.95 bits per heavy atom. The third-order valence-corrected chi connectivity index (χ3v) is 6.81. The van der Waals surface area contributed by atoms with Gasteiger partial charge >= 0.3 is 0 Å². The molecule has 3 rings (SSSR count). The van der Waals surface area contributed by atoms with Crippen molar-refractivity contribution in [1.82, 2.24) is 10.2 Å². The number of ether oxygens (including phenoxy) is 2. The summed E-state index contributed by atoms with van der Waals surface area (Å²) >= 11 is 0. The third-order valence-electron chi connectivity index (χ3n) is 6.81. The summed E-state index contributed by atoms with van der Waals surface area (Å²) in [6.45, 7) is 4.67. The number of carbonyl (C=O) groups is 2. The van der Waals surface area contributed by atoms with Crippen LogP contribution in [0.1, 0.15) is 65.0 Å². The lowest BCUT2D eigenvalue weighted by atomic mass is 10.0. The van der Waals surface area contributed by atoms with Gasteiger partial charge in [-0.2, -0.15) is 0 Å². The highest BCUT2D eigenvalue weighted by atomic mass is 19.1. The maximum absolute atomic E-state index is 15.2. The van der Waals surface area contributed by atoms with E-state index in [1.807, 2.05) is 31.2 Å². The molecule has 0 saturated carbocycles. The number of benzene rings is 2. The fraction of sp³-hybridized carbons (Fsp3) is 0.500. The van der Waals surface area contributed by atoms with Crippen LogP contribution < -0.4 is 15.8 Å². The standard InChI is InChI=1S/C28H38FN3O5/c1-4-37-26-14-23(28(35)32-18(2)9-11-21(32)17-36-3)25(29)13-24(26)27(34)31-16-22(33)12-10-19-7-5-6-8-20(19)15-30/h5-8,13-14,18,21-22,33H,4,9-12,15-17,30H2,1-3H3,(H,31,34). The summed E-state index contributed by atoms with van der Waals surface area (Å²) in [5, 5.41) is 13.1. The molecule has 1 heterocycles. The highest BCUT2D eigenvalue weighted by Crippen LogP contribution is 2.30. The number of amides is 2. The first-order chi connectivity index (χ1) is 17.8. The molecule has 1 aliphatic heterocycles. The van der Waals surface area contributed by atoms with E-state index in [0.717, 1.165) is 30.0 Å². The molecule has 0 aromatic heterocycles. The first kappa shape index (κ1) is 28.6. The van der Waals surface area contributed by atoms with Crippen LogP contribution in [-0.4, -0.2) is 66.9 Å². The van der Waals surface area contributed by atoms with Crippen molar-refractivity contribution >= 4 is 11.8 Å². The Balaban J connectivity index is 1.70. The van der Waals surface area contributed by atoms with Gasteiger partial charge in [0.2, 0.25) is 0 Å². The maximum Gasteiger partial charge on any atom is 0.257 e. The molecule has 8 nitrogen and oxygen atoms in total. The second-order valence-electron chi connectivity index (χ2n) is 9.38. The minimum absolute atomic E-state index is 0.0124. The number of aliphatic hydroxyl groups excluding tert-OH is 1. The van der Waals surface area contributed by atoms with E-state index in [2.05, 4.69) is 5.32 Å². The lowest BCUT2D eigenvalue weighted by Crippen LogP contribution is -2.42. The van der Waals surface area contributed by atoms with Gasteiger partial charge in [0, 0.05) is 26.2 Å². The highest BCUT2D eigenvalue weighted by Gasteiger charge is 2.36. The van der Waals surface area contributed by atoms with Crippen molar-refractivity contribution < 1.29 is 28.6 Å². The number of likely N-dealkylation sites (tertiary alicyclic amines) is 1. The molecule has 0 aliphatic carbocycles. The Hall–Kier alpha value is -3.01. The summed E-state index contributed by atoms with van der Waals surface area (Å²) in [5.41, 5.74) is 7.67. The van der Waals surface area contributed by atoms with E-state index in [-0.39, 0.29) is 42.1 Å². The number of rotatable bonds is 12. The summed E-state index contributed by atoms with van der Waals surface area (Å²) < 4.78 is 26.0. The predicted molar refractivity (Wildman–Crippen MR) is 139 cm³/mol. The van der Waals surface area contributed by atoms with Crippen molar-refractivity contribution in [3.63, 3.8) is 0 Å². The predicted octanol–water partition coefficient (Wildman–Crippen LogP) is 3.05. The van der Waals surface area contributed by atoms with Crippen molar-refractivity contribution in [3.05, 3.63) is 64.5 Å². The summed E-state index contributed by atoms with van der Waals surface area (Å²) in [7, 11) is 1.57. The molecule has 9 heteroatoms. The number of methoxy groups -OCH3 is 1. The van der Waals surface area contributed by atoms with Gasteiger partial charge in [-0.05, 0) is 62.8 Å². The molecule has 202 valence electrons. The fourth-order valence-corrected chi connectivity index (χ4v) is 4.83. The summed E-state index contributed by atoms with van der Waals surface area (Å²) in [4.78, 5) is 27.8. The number of halogens is 1. The Morgan fingerprint density at radius 3 is 2.62 bits per heavy atom. The van der Waals surface area contributed by atoms with Crippen LogP contribution in [0.4, 0.5) is 4.39 Å². The van der Waals surface area contributed by atoms with Gasteiger partial charge in [0.25, 0.3) is 11.8 Å². The molecule has 37 heavy (non-hydrogen) atoms. The highest BCUT2D eigenvalue weighted by molar-refractivity contribution is 6.00. The average molecular weight is 516 g/mol. The van der Waals surface area contributed by atoms with E-state index in [1.54, 1.807) is 18.9 Å². The van der Waals surface area contributed by atoms with Crippen LogP contribution in [0.5, 0.6) is 5.75 Å². The van der Waals surface area contributed by atoms with Gasteiger partial charge in [-0.25, -0.2) is 4.39 Å². The smallest absolute Gasteiger partial charge is 0.257 e. The van der Waals surface area contributed by atoms with Gasteiger partial charge in [-0.3, -0.25) is 9.59 Å². The van der Waals surface area contributed by atoms with Crippen LogP contribution in [0.15, 0.2) is 36.4 Å². The number of nitrogens with zero attached hydrogens (tertiary/aromatic N) is 1. The van der Waals surface area contributed by atoms with Crippen LogP contribution in [0.3, 0.4) is 0 Å². The van der Waals surface area contributed by atoms with Crippen LogP contribution in [-0.2, 0) is 17.7 Å². The summed E-state index contributed by atoms with van der Waals surface area (Å²) in [5.74, 6) is -1.72. The van der Waals surface area contributed by atoms with E-state index in [1.165, 1.54) is 6.07 Å². The second-order valence-corrected chi connectivity index (χ2v) is 9.38. The molecule has 0 spiro atoms. The molecular weight excluding hydrogens is 477 g/mol. The van der Waals surface area contributed by atoms with E-state index >= 15 is 4.39 Å². The second kappa shape index (κ2) is 13.5. The molecule has 3 atom stereocenters. The largest absolute Gasteiger partial charge is 0.493 e. The van der Waals surface area contributed by atoms with Gasteiger partial charge in [0.15, 0.2) is 0 Å². The summed E-state index contributed by atoms with van der Waals surface area (Å²) in [6.07, 6.45) is 1.82.